The van der Waals surface area contributed by atoms with Gasteiger partial charge in [-0.2, -0.15) is 0 Å². The van der Waals surface area contributed by atoms with E-state index in [-0.39, 0.29) is 5.91 Å². The van der Waals surface area contributed by atoms with Crippen LogP contribution in [0.1, 0.15) is 44.6 Å². The van der Waals surface area contributed by atoms with Crippen molar-refractivity contribution in [2.45, 2.75) is 45.4 Å². The van der Waals surface area contributed by atoms with E-state index in [2.05, 4.69) is 30.4 Å². The van der Waals surface area contributed by atoms with Crippen LogP contribution in [0.25, 0.3) is 10.8 Å². The largest absolute Gasteiger partial charge is 0.496 e. The third-order valence-corrected chi connectivity index (χ3v) is 4.17. The van der Waals surface area contributed by atoms with E-state index in [4.69, 9.17) is 4.74 Å². The molecule has 0 atom stereocenters. The highest BCUT2D eigenvalue weighted by molar-refractivity contribution is 5.87. The van der Waals surface area contributed by atoms with Crippen molar-refractivity contribution in [3.05, 3.63) is 42.0 Å². The smallest absolute Gasteiger partial charge is 0.220 e. The highest BCUT2D eigenvalue weighted by Gasteiger charge is 2.08. The summed E-state index contributed by atoms with van der Waals surface area (Å²) in [5, 5.41) is 5.43. The Morgan fingerprint density at radius 3 is 2.70 bits per heavy atom. The average molecular weight is 313 g/mol. The number of nitrogens with one attached hydrogen (secondary N) is 1. The van der Waals surface area contributed by atoms with Crippen molar-refractivity contribution in [1.82, 2.24) is 5.32 Å². The Bertz CT molecular complexity index is 637. The van der Waals surface area contributed by atoms with E-state index >= 15 is 0 Å². The topological polar surface area (TPSA) is 38.3 Å². The summed E-state index contributed by atoms with van der Waals surface area (Å²) in [6.07, 6.45) is 5.94. The van der Waals surface area contributed by atoms with Gasteiger partial charge in [-0.25, -0.2) is 0 Å². The molecule has 1 N–H and O–H groups in total. The van der Waals surface area contributed by atoms with Crippen LogP contribution in [0.3, 0.4) is 0 Å². The molecular formula is C20H27NO2. The maximum atomic E-state index is 11.9. The molecule has 0 unspecified atom stereocenters. The Morgan fingerprint density at radius 1 is 1.09 bits per heavy atom. The van der Waals surface area contributed by atoms with Crippen molar-refractivity contribution in [2.75, 3.05) is 13.7 Å². The normalized spacial score (nSPS) is 10.7. The summed E-state index contributed by atoms with van der Waals surface area (Å²) in [5.41, 5.74) is 1.16. The van der Waals surface area contributed by atoms with Crippen molar-refractivity contribution in [2.24, 2.45) is 0 Å². The number of methoxy groups -OCH3 is 1. The third kappa shape index (κ3) is 4.98. The predicted molar refractivity (Wildman–Crippen MR) is 96.0 cm³/mol. The minimum absolute atomic E-state index is 0.153. The fraction of sp³-hybridized carbons (Fsp3) is 0.450. The van der Waals surface area contributed by atoms with E-state index in [0.29, 0.717) is 13.0 Å². The molecule has 0 fully saturated rings. The molecule has 0 aliphatic heterocycles. The van der Waals surface area contributed by atoms with Crippen LogP contribution in [0.15, 0.2) is 36.4 Å². The van der Waals surface area contributed by atoms with Gasteiger partial charge in [-0.1, -0.05) is 56.5 Å². The highest BCUT2D eigenvalue weighted by Crippen LogP contribution is 2.28. The Labute approximate surface area is 139 Å². The van der Waals surface area contributed by atoms with Crippen LogP contribution in [0.4, 0.5) is 0 Å². The average Bonchev–Trinajstić information content (AvgIpc) is 2.59. The number of amides is 1. The fourth-order valence-corrected chi connectivity index (χ4v) is 2.89. The first-order chi connectivity index (χ1) is 11.3. The van der Waals surface area contributed by atoms with Gasteiger partial charge < -0.3 is 10.1 Å². The van der Waals surface area contributed by atoms with Crippen LogP contribution in [0.2, 0.25) is 0 Å². The molecule has 0 aromatic heterocycles. The Morgan fingerprint density at radius 2 is 1.91 bits per heavy atom. The monoisotopic (exact) mass is 313 g/mol. The van der Waals surface area contributed by atoms with E-state index in [9.17, 15) is 4.79 Å². The molecule has 0 heterocycles. The first-order valence-corrected chi connectivity index (χ1v) is 8.57. The molecule has 124 valence electrons. The van der Waals surface area contributed by atoms with Gasteiger partial charge in [-0.15, -0.1) is 0 Å². The predicted octanol–water partition coefficient (Wildman–Crippen LogP) is 4.48. The Kier molecular flexibility index (Phi) is 6.92. The fourth-order valence-electron chi connectivity index (χ4n) is 2.89. The summed E-state index contributed by atoms with van der Waals surface area (Å²) < 4.78 is 5.49. The summed E-state index contributed by atoms with van der Waals surface area (Å²) in [6.45, 7) is 2.83. The molecule has 3 nitrogen and oxygen atoms in total. The van der Waals surface area contributed by atoms with Crippen LogP contribution in [-0.4, -0.2) is 19.6 Å². The second kappa shape index (κ2) is 9.19. The van der Waals surface area contributed by atoms with Crippen LogP contribution in [0, 0.1) is 0 Å². The van der Waals surface area contributed by atoms with Crippen molar-refractivity contribution >= 4 is 16.7 Å². The van der Waals surface area contributed by atoms with Crippen LogP contribution in [-0.2, 0) is 11.2 Å². The van der Waals surface area contributed by atoms with Gasteiger partial charge in [-0.3, -0.25) is 4.79 Å². The number of fused-ring (bicyclic) bond motifs is 1. The molecule has 1 amide bonds. The molecule has 2 aromatic carbocycles. The van der Waals surface area contributed by atoms with E-state index in [0.717, 1.165) is 30.6 Å². The lowest BCUT2D eigenvalue weighted by Gasteiger charge is -2.12. The standard InChI is InChI=1S/C20H27NO2/c1-3-4-5-6-11-20(22)21-15-14-18-17-10-8-7-9-16(17)12-13-19(18)23-2/h7-10,12-13H,3-6,11,14-15H2,1-2H3,(H,21,22). The number of unbranched alkanes of at least 4 members (excludes halogenated alkanes) is 3. The first-order valence-electron chi connectivity index (χ1n) is 8.57. The molecule has 0 saturated heterocycles. The maximum absolute atomic E-state index is 11.9. The molecule has 2 aromatic rings. The SMILES string of the molecule is CCCCCCC(=O)NCCc1c(OC)ccc2ccccc12. The molecule has 3 heteroatoms. The van der Waals surface area contributed by atoms with E-state index in [1.165, 1.54) is 23.6 Å². The highest BCUT2D eigenvalue weighted by atomic mass is 16.5. The minimum atomic E-state index is 0.153. The molecule has 0 aliphatic rings. The van der Waals surface area contributed by atoms with Gasteiger partial charge in [-0.05, 0) is 29.7 Å². The van der Waals surface area contributed by atoms with Gasteiger partial charge >= 0.3 is 0 Å². The summed E-state index contributed by atoms with van der Waals surface area (Å²) in [4.78, 5) is 11.9. The van der Waals surface area contributed by atoms with Crippen molar-refractivity contribution in [3.8, 4) is 5.75 Å². The van der Waals surface area contributed by atoms with Crippen LogP contribution >= 0.6 is 0 Å². The summed E-state index contributed by atoms with van der Waals surface area (Å²) >= 11 is 0. The van der Waals surface area contributed by atoms with E-state index in [1.807, 2.05) is 18.2 Å². The van der Waals surface area contributed by atoms with Gasteiger partial charge in [0.05, 0.1) is 7.11 Å². The molecule has 0 bridgehead atoms. The zero-order chi connectivity index (χ0) is 16.5. The third-order valence-electron chi connectivity index (χ3n) is 4.17. The summed E-state index contributed by atoms with van der Waals surface area (Å²) in [5.74, 6) is 1.04. The lowest BCUT2D eigenvalue weighted by molar-refractivity contribution is -0.121. The zero-order valence-electron chi connectivity index (χ0n) is 14.2. The van der Waals surface area contributed by atoms with E-state index < -0.39 is 0 Å². The number of rotatable bonds is 9. The summed E-state index contributed by atoms with van der Waals surface area (Å²) in [6, 6.07) is 12.4. The number of ether oxygens (including phenoxy) is 1. The van der Waals surface area contributed by atoms with Gasteiger partial charge in [0.25, 0.3) is 0 Å². The number of hydrogen-bond donors (Lipinski definition) is 1. The zero-order valence-corrected chi connectivity index (χ0v) is 14.2. The van der Waals surface area contributed by atoms with Gasteiger partial charge in [0, 0.05) is 18.5 Å². The van der Waals surface area contributed by atoms with Gasteiger partial charge in [0.2, 0.25) is 5.91 Å². The quantitative estimate of drug-likeness (QED) is 0.693. The van der Waals surface area contributed by atoms with Gasteiger partial charge in [0.1, 0.15) is 5.75 Å². The molecular weight excluding hydrogens is 286 g/mol. The minimum Gasteiger partial charge on any atom is -0.496 e. The number of hydrogen-bond acceptors (Lipinski definition) is 2. The molecule has 2 rings (SSSR count). The maximum Gasteiger partial charge on any atom is 0.220 e. The molecule has 0 saturated carbocycles. The van der Waals surface area contributed by atoms with Crippen LogP contribution < -0.4 is 10.1 Å². The second-order valence-corrected chi connectivity index (χ2v) is 5.88. The molecule has 0 aliphatic carbocycles. The van der Waals surface area contributed by atoms with E-state index in [1.54, 1.807) is 7.11 Å². The number of carbonyl (C=O) groups is 1. The number of carbonyl (C=O) groups excluding carboxylic acids is 1. The lowest BCUT2D eigenvalue weighted by atomic mass is 10.0. The summed E-state index contributed by atoms with van der Waals surface area (Å²) in [7, 11) is 1.69. The first kappa shape index (κ1) is 17.3. The Balaban J connectivity index is 1.92. The molecule has 0 radical (unpaired) electrons. The van der Waals surface area contributed by atoms with Crippen molar-refractivity contribution < 1.29 is 9.53 Å². The molecule has 23 heavy (non-hydrogen) atoms. The lowest BCUT2D eigenvalue weighted by Crippen LogP contribution is -2.25. The second-order valence-electron chi connectivity index (χ2n) is 5.88. The van der Waals surface area contributed by atoms with Crippen molar-refractivity contribution in [3.63, 3.8) is 0 Å². The number of benzene rings is 2. The van der Waals surface area contributed by atoms with Crippen LogP contribution in [0.5, 0.6) is 5.75 Å². The molecule has 0 spiro atoms. The van der Waals surface area contributed by atoms with Gasteiger partial charge in [0.15, 0.2) is 0 Å². The van der Waals surface area contributed by atoms with Crippen molar-refractivity contribution in [1.29, 1.82) is 0 Å². The Hall–Kier alpha value is -2.03.